The summed E-state index contributed by atoms with van der Waals surface area (Å²) < 4.78 is 17.9. The molecule has 13 nitrogen and oxygen atoms in total. The quantitative estimate of drug-likeness (QED) is 0.175. The monoisotopic (exact) mass is 800 g/mol. The van der Waals surface area contributed by atoms with Gasteiger partial charge in [0, 0.05) is 61.9 Å². The number of nitriles is 1. The predicted octanol–water partition coefficient (Wildman–Crippen LogP) is 7.14. The van der Waals surface area contributed by atoms with Crippen molar-refractivity contribution in [2.45, 2.75) is 103 Å². The lowest BCUT2D eigenvalue weighted by Crippen LogP contribution is -2.55. The maximum Gasteiger partial charge on any atom is 0.410 e. The van der Waals surface area contributed by atoms with Gasteiger partial charge in [0.25, 0.3) is 0 Å². The second-order valence-electron chi connectivity index (χ2n) is 17.5. The normalized spacial score (nSPS) is 19.4. The highest BCUT2D eigenvalue weighted by Crippen LogP contribution is 2.44. The molecular weight excluding hydrogens is 745 g/mol. The minimum atomic E-state index is -0.532. The van der Waals surface area contributed by atoms with Crippen LogP contribution in [0.2, 0.25) is 0 Å². The van der Waals surface area contributed by atoms with Gasteiger partial charge in [-0.05, 0) is 82.4 Å². The van der Waals surface area contributed by atoms with Gasteiger partial charge < -0.3 is 34.2 Å². The Morgan fingerprint density at radius 2 is 1.69 bits per heavy atom. The fraction of sp³-hybridized carbons (Fsp3) is 0.500. The average molecular weight is 801 g/mol. The third-order valence-electron chi connectivity index (χ3n) is 12.2. The number of carbonyl (C=O) groups excluding carboxylic acids is 2. The highest BCUT2D eigenvalue weighted by Gasteiger charge is 2.50. The van der Waals surface area contributed by atoms with Crippen molar-refractivity contribution in [1.29, 1.82) is 5.26 Å². The molecule has 0 radical (unpaired) electrons. The molecule has 2 amide bonds. The van der Waals surface area contributed by atoms with Crippen LogP contribution in [0.1, 0.15) is 75.3 Å². The first kappa shape index (κ1) is 40.2. The summed E-state index contributed by atoms with van der Waals surface area (Å²) in [7, 11) is 0. The number of benzene rings is 3. The molecule has 4 aliphatic rings. The van der Waals surface area contributed by atoms with Crippen LogP contribution in [0, 0.1) is 18.3 Å². The summed E-state index contributed by atoms with van der Waals surface area (Å²) in [6.45, 7) is 12.9. The van der Waals surface area contributed by atoms with Crippen LogP contribution in [-0.2, 0) is 29.0 Å². The van der Waals surface area contributed by atoms with Crippen molar-refractivity contribution in [3.8, 4) is 12.1 Å². The standard InChI is InChI=1S/C46H56N8O5/c1-32-10-8-13-34-14-9-15-39(40(32)34)51-23-19-37-38(29-51)49-42(58-31-46(20-21-46)53-24-17-35(18-25-53)48-43(55)59-45(2,3)4)50-41(37)52-26-27-54(36(28-52)16-22-47)44(56)57-30-33-11-6-5-7-12-33/h5-15,35-36H,16-21,23-31H2,1-4H3,(H,48,55)/t36-/m0/s1. The Balaban J connectivity index is 1.01. The molecule has 310 valence electrons. The van der Waals surface area contributed by atoms with Crippen molar-refractivity contribution >= 4 is 34.5 Å². The molecule has 4 heterocycles. The number of piperidine rings is 1. The number of hydrogen-bond acceptors (Lipinski definition) is 11. The molecule has 8 rings (SSSR count). The van der Waals surface area contributed by atoms with E-state index >= 15 is 0 Å². The average Bonchev–Trinajstić information content (AvgIpc) is 4.02. The number of nitrogens with one attached hydrogen (secondary N) is 1. The SMILES string of the molecule is Cc1cccc2cccc(N3CCc4c(nc(OCC5(N6CCC(NC(=O)OC(C)(C)C)CC6)CC5)nc4N4CCN(C(=O)OCc5ccccc5)[C@@H](CC#N)C4)C3)c12. The molecule has 13 heteroatoms. The molecule has 59 heavy (non-hydrogen) atoms. The second kappa shape index (κ2) is 16.9. The number of anilines is 2. The molecule has 2 saturated heterocycles. The number of rotatable bonds is 10. The Morgan fingerprint density at radius 3 is 2.42 bits per heavy atom. The zero-order valence-electron chi connectivity index (χ0n) is 34.8. The number of likely N-dealkylation sites (tertiary alicyclic amines) is 1. The van der Waals surface area contributed by atoms with E-state index in [4.69, 9.17) is 24.2 Å². The molecule has 1 aliphatic carbocycles. The van der Waals surface area contributed by atoms with Crippen molar-refractivity contribution in [3.05, 3.63) is 89.1 Å². The van der Waals surface area contributed by atoms with Crippen LogP contribution in [0.3, 0.4) is 0 Å². The Kier molecular flexibility index (Phi) is 11.5. The van der Waals surface area contributed by atoms with Gasteiger partial charge in [0.15, 0.2) is 0 Å². The van der Waals surface area contributed by atoms with Gasteiger partial charge in [-0.3, -0.25) is 4.90 Å². The van der Waals surface area contributed by atoms with Gasteiger partial charge in [0.1, 0.15) is 24.6 Å². The van der Waals surface area contributed by atoms with Crippen LogP contribution in [0.25, 0.3) is 10.8 Å². The number of ether oxygens (including phenoxy) is 3. The molecule has 3 fully saturated rings. The van der Waals surface area contributed by atoms with E-state index in [-0.39, 0.29) is 36.7 Å². The van der Waals surface area contributed by atoms with E-state index < -0.39 is 11.7 Å². The fourth-order valence-electron chi connectivity index (χ4n) is 8.93. The molecule has 1 atom stereocenters. The summed E-state index contributed by atoms with van der Waals surface area (Å²) in [6, 6.07) is 24.9. The largest absolute Gasteiger partial charge is 0.461 e. The summed E-state index contributed by atoms with van der Waals surface area (Å²) >= 11 is 0. The molecule has 3 aromatic carbocycles. The maximum atomic E-state index is 13.4. The number of piperazine rings is 1. The number of aromatic nitrogens is 2. The van der Waals surface area contributed by atoms with Gasteiger partial charge in [0.2, 0.25) is 0 Å². The van der Waals surface area contributed by atoms with Gasteiger partial charge in [-0.25, -0.2) is 9.59 Å². The van der Waals surface area contributed by atoms with E-state index in [1.165, 1.54) is 22.0 Å². The van der Waals surface area contributed by atoms with Crippen molar-refractivity contribution in [1.82, 2.24) is 25.1 Å². The summed E-state index contributed by atoms with van der Waals surface area (Å²) in [6.07, 6.45) is 3.89. The number of nitrogens with zero attached hydrogens (tertiary/aromatic N) is 7. The summed E-state index contributed by atoms with van der Waals surface area (Å²) in [4.78, 5) is 44.9. The molecule has 1 N–H and O–H groups in total. The first-order valence-electron chi connectivity index (χ1n) is 21.1. The van der Waals surface area contributed by atoms with Gasteiger partial charge in [-0.2, -0.15) is 15.2 Å². The number of carbonyl (C=O) groups is 2. The number of alkyl carbamates (subject to hydrolysis) is 1. The highest BCUT2D eigenvalue weighted by molar-refractivity contribution is 5.97. The van der Waals surface area contributed by atoms with E-state index in [0.717, 1.165) is 74.4 Å². The smallest absolute Gasteiger partial charge is 0.410 e. The lowest BCUT2D eigenvalue weighted by atomic mass is 9.99. The fourth-order valence-corrected chi connectivity index (χ4v) is 8.93. The lowest BCUT2D eigenvalue weighted by Gasteiger charge is -2.42. The second-order valence-corrected chi connectivity index (χ2v) is 17.5. The zero-order valence-corrected chi connectivity index (χ0v) is 34.8. The third kappa shape index (κ3) is 9.18. The topological polar surface area (TPSA) is 136 Å². The molecule has 0 spiro atoms. The predicted molar refractivity (Wildman–Crippen MR) is 226 cm³/mol. The van der Waals surface area contributed by atoms with Crippen LogP contribution >= 0.6 is 0 Å². The van der Waals surface area contributed by atoms with Gasteiger partial charge >= 0.3 is 18.2 Å². The highest BCUT2D eigenvalue weighted by atomic mass is 16.6. The van der Waals surface area contributed by atoms with E-state index in [9.17, 15) is 14.9 Å². The van der Waals surface area contributed by atoms with Crippen molar-refractivity contribution in [3.63, 3.8) is 0 Å². The van der Waals surface area contributed by atoms with E-state index in [1.54, 1.807) is 4.90 Å². The third-order valence-corrected chi connectivity index (χ3v) is 12.2. The Hall–Kier alpha value is -5.61. The van der Waals surface area contributed by atoms with Crippen LogP contribution in [0.15, 0.2) is 66.7 Å². The first-order valence-corrected chi connectivity index (χ1v) is 21.1. The molecule has 1 aromatic heterocycles. The van der Waals surface area contributed by atoms with Crippen molar-refractivity contribution in [2.24, 2.45) is 0 Å². The molecule has 3 aliphatic heterocycles. The van der Waals surface area contributed by atoms with E-state index in [1.807, 2.05) is 51.1 Å². The molecule has 0 unspecified atom stereocenters. The van der Waals surface area contributed by atoms with E-state index in [2.05, 4.69) is 69.4 Å². The lowest BCUT2D eigenvalue weighted by molar-refractivity contribution is 0.0437. The summed E-state index contributed by atoms with van der Waals surface area (Å²) in [5.41, 5.74) is 4.73. The molecule has 4 aromatic rings. The number of aryl methyl sites for hydroxylation is 1. The minimum Gasteiger partial charge on any atom is -0.461 e. The Morgan fingerprint density at radius 1 is 0.932 bits per heavy atom. The molecule has 1 saturated carbocycles. The van der Waals surface area contributed by atoms with Gasteiger partial charge in [0.05, 0.1) is 36.3 Å². The van der Waals surface area contributed by atoms with Crippen LogP contribution in [0.4, 0.5) is 21.1 Å². The van der Waals surface area contributed by atoms with Crippen LogP contribution < -0.4 is 19.9 Å². The van der Waals surface area contributed by atoms with Crippen LogP contribution in [0.5, 0.6) is 6.01 Å². The number of fused-ring (bicyclic) bond motifs is 2. The summed E-state index contributed by atoms with van der Waals surface area (Å²) in [5.74, 6) is 0.817. The van der Waals surface area contributed by atoms with Crippen LogP contribution in [-0.4, -0.2) is 101 Å². The zero-order chi connectivity index (χ0) is 41.1. The Bertz CT molecular complexity index is 2190. The van der Waals surface area contributed by atoms with Crippen molar-refractivity contribution in [2.75, 3.05) is 55.7 Å². The maximum absolute atomic E-state index is 13.4. The van der Waals surface area contributed by atoms with Gasteiger partial charge in [-0.1, -0.05) is 60.7 Å². The number of hydrogen-bond donors (Lipinski definition) is 1. The van der Waals surface area contributed by atoms with E-state index in [0.29, 0.717) is 38.8 Å². The molecular formula is C46H56N8O5. The van der Waals surface area contributed by atoms with Crippen molar-refractivity contribution < 1.29 is 23.8 Å². The molecule has 0 bridgehead atoms. The summed E-state index contributed by atoms with van der Waals surface area (Å²) in [5, 5.41) is 15.4. The van der Waals surface area contributed by atoms with Gasteiger partial charge in [-0.15, -0.1) is 0 Å². The Labute approximate surface area is 347 Å². The number of amides is 2. The minimum absolute atomic E-state index is 0.0777. The first-order chi connectivity index (χ1) is 28.5.